The lowest BCUT2D eigenvalue weighted by Gasteiger charge is -2.22. The molecular formula is C9H16F3NO4S. The van der Waals surface area contributed by atoms with Crippen LogP contribution in [0.15, 0.2) is 0 Å². The fourth-order valence-corrected chi connectivity index (χ4v) is 2.13. The zero-order chi connectivity index (χ0) is 14.6. The Bertz CT molecular complexity index is 378. The van der Waals surface area contributed by atoms with E-state index in [1.54, 1.807) is 0 Å². The van der Waals surface area contributed by atoms with E-state index in [4.69, 9.17) is 5.11 Å². The van der Waals surface area contributed by atoms with E-state index < -0.39 is 52.6 Å². The third-order valence-corrected chi connectivity index (χ3v) is 4.36. The summed E-state index contributed by atoms with van der Waals surface area (Å²) in [4.78, 5) is 11.0. The number of aliphatic carboxylic acids is 1. The first-order chi connectivity index (χ1) is 7.94. The largest absolute Gasteiger partial charge is 0.480 e. The van der Waals surface area contributed by atoms with E-state index in [9.17, 15) is 26.4 Å². The van der Waals surface area contributed by atoms with Crippen LogP contribution >= 0.6 is 0 Å². The predicted molar refractivity (Wildman–Crippen MR) is 59.1 cm³/mol. The summed E-state index contributed by atoms with van der Waals surface area (Å²) in [5.41, 5.74) is 0. The molecule has 0 rings (SSSR count). The van der Waals surface area contributed by atoms with Crippen LogP contribution in [0.25, 0.3) is 0 Å². The Kier molecular flexibility index (Phi) is 6.08. The second kappa shape index (κ2) is 6.37. The zero-order valence-electron chi connectivity index (χ0n) is 10.1. The van der Waals surface area contributed by atoms with Crippen molar-refractivity contribution in [1.82, 2.24) is 4.90 Å². The van der Waals surface area contributed by atoms with Crippen LogP contribution in [0.4, 0.5) is 13.2 Å². The fourth-order valence-electron chi connectivity index (χ4n) is 1.15. The number of carboxylic acids is 1. The molecule has 0 heterocycles. The Morgan fingerprint density at radius 3 is 2.17 bits per heavy atom. The first-order valence-corrected chi connectivity index (χ1v) is 6.88. The number of carboxylic acid groups (broad SMARTS) is 1. The molecule has 0 aliphatic rings. The van der Waals surface area contributed by atoms with E-state index in [2.05, 4.69) is 0 Å². The lowest BCUT2D eigenvalue weighted by atomic mass is 10.4. The minimum absolute atomic E-state index is 0.452. The van der Waals surface area contributed by atoms with Gasteiger partial charge in [-0.2, -0.15) is 13.2 Å². The Hall–Kier alpha value is -0.830. The highest BCUT2D eigenvalue weighted by Crippen LogP contribution is 2.16. The molecule has 0 atom stereocenters. The molecule has 108 valence electrons. The van der Waals surface area contributed by atoms with Crippen molar-refractivity contribution in [2.45, 2.75) is 25.3 Å². The molecule has 0 aromatic carbocycles. The third-order valence-electron chi connectivity index (χ3n) is 2.17. The molecule has 0 aliphatic carbocycles. The molecule has 1 N–H and O–H groups in total. The second-order valence-corrected chi connectivity index (χ2v) is 6.81. The average Bonchev–Trinajstić information content (AvgIpc) is 2.10. The number of hydrogen-bond donors (Lipinski definition) is 1. The number of carbonyl (C=O) groups is 1. The quantitative estimate of drug-likeness (QED) is 0.749. The molecular weight excluding hydrogens is 275 g/mol. The minimum atomic E-state index is -4.56. The average molecular weight is 291 g/mol. The molecule has 0 aromatic rings. The smallest absolute Gasteiger partial charge is 0.401 e. The van der Waals surface area contributed by atoms with Gasteiger partial charge < -0.3 is 5.11 Å². The number of rotatable bonds is 7. The van der Waals surface area contributed by atoms with Crippen molar-refractivity contribution in [3.63, 3.8) is 0 Å². The van der Waals surface area contributed by atoms with Gasteiger partial charge in [-0.15, -0.1) is 0 Å². The van der Waals surface area contributed by atoms with Gasteiger partial charge >= 0.3 is 12.1 Å². The molecule has 18 heavy (non-hydrogen) atoms. The van der Waals surface area contributed by atoms with E-state index >= 15 is 0 Å². The van der Waals surface area contributed by atoms with Crippen molar-refractivity contribution in [3.05, 3.63) is 0 Å². The third kappa shape index (κ3) is 7.49. The van der Waals surface area contributed by atoms with Gasteiger partial charge in [0, 0.05) is 6.54 Å². The summed E-state index contributed by atoms with van der Waals surface area (Å²) < 4.78 is 59.3. The van der Waals surface area contributed by atoms with E-state index in [0.29, 0.717) is 4.90 Å². The topological polar surface area (TPSA) is 74.7 Å². The Balaban J connectivity index is 4.57. The van der Waals surface area contributed by atoms with Crippen LogP contribution in [0, 0.1) is 0 Å². The van der Waals surface area contributed by atoms with Gasteiger partial charge in [-0.25, -0.2) is 8.42 Å². The van der Waals surface area contributed by atoms with Gasteiger partial charge in [-0.05, 0) is 13.8 Å². The molecule has 0 aromatic heterocycles. The highest BCUT2D eigenvalue weighted by Gasteiger charge is 2.32. The summed E-state index contributed by atoms with van der Waals surface area (Å²) >= 11 is 0. The van der Waals surface area contributed by atoms with Crippen molar-refractivity contribution in [2.24, 2.45) is 0 Å². The Morgan fingerprint density at radius 1 is 1.33 bits per heavy atom. The first kappa shape index (κ1) is 17.2. The number of nitrogens with zero attached hydrogens (tertiary/aromatic N) is 1. The summed E-state index contributed by atoms with van der Waals surface area (Å²) in [5.74, 6) is -1.92. The van der Waals surface area contributed by atoms with Gasteiger partial charge in [-0.3, -0.25) is 9.69 Å². The molecule has 5 nitrogen and oxygen atoms in total. The van der Waals surface area contributed by atoms with Crippen LogP contribution in [-0.2, 0) is 14.6 Å². The molecule has 0 spiro atoms. The van der Waals surface area contributed by atoms with Crippen LogP contribution in [0.1, 0.15) is 13.8 Å². The summed E-state index contributed by atoms with van der Waals surface area (Å²) in [7, 11) is -3.49. The number of sulfone groups is 1. The standard InChI is InChI=1S/C9H16F3NO4S/c1-7(2)18(16,17)4-3-13(5-8(14)15)6-9(10,11)12/h7H,3-6H2,1-2H3,(H,14,15). The van der Waals surface area contributed by atoms with Crippen molar-refractivity contribution in [2.75, 3.05) is 25.4 Å². The van der Waals surface area contributed by atoms with Crippen molar-refractivity contribution in [3.8, 4) is 0 Å². The van der Waals surface area contributed by atoms with E-state index in [1.165, 1.54) is 13.8 Å². The van der Waals surface area contributed by atoms with Gasteiger partial charge in [0.25, 0.3) is 0 Å². The van der Waals surface area contributed by atoms with Gasteiger partial charge in [0.1, 0.15) is 0 Å². The summed E-state index contributed by atoms with van der Waals surface area (Å²) in [6.07, 6.45) is -4.56. The lowest BCUT2D eigenvalue weighted by molar-refractivity contribution is -0.153. The van der Waals surface area contributed by atoms with Gasteiger partial charge in [0.05, 0.1) is 24.1 Å². The SMILES string of the molecule is CC(C)S(=O)(=O)CCN(CC(=O)O)CC(F)(F)F. The molecule has 0 radical (unpaired) electrons. The van der Waals surface area contributed by atoms with Gasteiger partial charge in [0.2, 0.25) is 0 Å². The van der Waals surface area contributed by atoms with Crippen LogP contribution in [0.5, 0.6) is 0 Å². The van der Waals surface area contributed by atoms with Crippen LogP contribution in [0.2, 0.25) is 0 Å². The zero-order valence-corrected chi connectivity index (χ0v) is 10.9. The summed E-state index contributed by atoms with van der Waals surface area (Å²) in [6, 6.07) is 0. The highest BCUT2D eigenvalue weighted by atomic mass is 32.2. The van der Waals surface area contributed by atoms with Crippen LogP contribution < -0.4 is 0 Å². The molecule has 0 aliphatic heterocycles. The summed E-state index contributed by atoms with van der Waals surface area (Å²) in [5, 5.41) is 7.76. The van der Waals surface area contributed by atoms with Crippen molar-refractivity contribution in [1.29, 1.82) is 0 Å². The molecule has 0 bridgehead atoms. The monoisotopic (exact) mass is 291 g/mol. The normalized spacial score (nSPS) is 13.3. The van der Waals surface area contributed by atoms with E-state index in [-0.39, 0.29) is 0 Å². The fraction of sp³-hybridized carbons (Fsp3) is 0.889. The maximum Gasteiger partial charge on any atom is 0.401 e. The lowest BCUT2D eigenvalue weighted by Crippen LogP contribution is -2.41. The molecule has 0 fully saturated rings. The van der Waals surface area contributed by atoms with Crippen LogP contribution in [0.3, 0.4) is 0 Å². The number of hydrogen-bond acceptors (Lipinski definition) is 4. The highest BCUT2D eigenvalue weighted by molar-refractivity contribution is 7.92. The summed E-state index contributed by atoms with van der Waals surface area (Å²) in [6.45, 7) is 0.105. The predicted octanol–water partition coefficient (Wildman–Crippen LogP) is 0.758. The van der Waals surface area contributed by atoms with Crippen molar-refractivity contribution < 1.29 is 31.5 Å². The van der Waals surface area contributed by atoms with Gasteiger partial charge in [-0.1, -0.05) is 0 Å². The molecule has 0 amide bonds. The van der Waals surface area contributed by atoms with E-state index in [0.717, 1.165) is 0 Å². The van der Waals surface area contributed by atoms with Crippen LogP contribution in [-0.4, -0.2) is 61.2 Å². The van der Waals surface area contributed by atoms with E-state index in [1.807, 2.05) is 0 Å². The molecule has 0 unspecified atom stereocenters. The number of halogens is 3. The molecule has 9 heteroatoms. The Morgan fingerprint density at radius 2 is 1.83 bits per heavy atom. The number of alkyl halides is 3. The maximum atomic E-state index is 12.2. The first-order valence-electron chi connectivity index (χ1n) is 5.16. The van der Waals surface area contributed by atoms with Crippen molar-refractivity contribution >= 4 is 15.8 Å². The minimum Gasteiger partial charge on any atom is -0.480 e. The molecule has 0 saturated heterocycles. The maximum absolute atomic E-state index is 12.2. The Labute approximate surface area is 103 Å². The second-order valence-electron chi connectivity index (χ2n) is 4.14. The molecule has 0 saturated carbocycles. The van der Waals surface area contributed by atoms with Gasteiger partial charge in [0.15, 0.2) is 9.84 Å².